The minimum atomic E-state index is -0.149. The molecule has 0 aromatic heterocycles. The van der Waals surface area contributed by atoms with Gasteiger partial charge < -0.3 is 19.3 Å². The number of methoxy groups -OCH3 is 2. The van der Waals surface area contributed by atoms with Crippen LogP contribution in [-0.2, 0) is 14.2 Å². The van der Waals surface area contributed by atoms with Gasteiger partial charge in [0.05, 0.1) is 26.4 Å². The van der Waals surface area contributed by atoms with Crippen molar-refractivity contribution in [2.24, 2.45) is 5.92 Å². The lowest BCUT2D eigenvalue weighted by atomic mass is 9.91. The minimum absolute atomic E-state index is 0.149. The molecule has 2 aliphatic carbocycles. The number of allylic oxidation sites excluding steroid dienone is 2. The highest BCUT2D eigenvalue weighted by Crippen LogP contribution is 2.30. The summed E-state index contributed by atoms with van der Waals surface area (Å²) in [5, 5.41) is 9.84. The van der Waals surface area contributed by atoms with E-state index in [1.54, 1.807) is 14.2 Å². The topological polar surface area (TPSA) is 51.2 Å². The Labute approximate surface area is 151 Å². The van der Waals surface area contributed by atoms with Crippen molar-refractivity contribution in [3.8, 4) is 0 Å². The molecule has 0 spiro atoms. The third-order valence-corrected chi connectivity index (χ3v) is 5.83. The predicted octanol–water partition coefficient (Wildman–Crippen LogP) is 2.85. The van der Waals surface area contributed by atoms with Crippen LogP contribution < -0.4 is 0 Å². The molecule has 0 bridgehead atoms. The average molecular weight is 351 g/mol. The zero-order chi connectivity index (χ0) is 17.6. The highest BCUT2D eigenvalue weighted by molar-refractivity contribution is 5.25. The summed E-state index contributed by atoms with van der Waals surface area (Å²) in [5.41, 5.74) is 0. The zero-order valence-corrected chi connectivity index (χ0v) is 15.7. The molecule has 1 aliphatic heterocycles. The molecule has 1 saturated heterocycles. The fraction of sp³-hybridized carbons (Fsp3) is 0.800. The maximum absolute atomic E-state index is 9.84. The van der Waals surface area contributed by atoms with Gasteiger partial charge in [-0.05, 0) is 50.2 Å². The van der Waals surface area contributed by atoms with Crippen molar-refractivity contribution in [1.29, 1.82) is 0 Å². The number of nitrogens with zero attached hydrogens (tertiary/aromatic N) is 1. The summed E-state index contributed by atoms with van der Waals surface area (Å²) in [5.74, 6) is 2.12. The normalized spacial score (nSPS) is 33.7. The minimum Gasteiger partial charge on any atom is -0.493 e. The van der Waals surface area contributed by atoms with Crippen molar-refractivity contribution in [3.05, 3.63) is 23.7 Å². The van der Waals surface area contributed by atoms with E-state index in [9.17, 15) is 5.11 Å². The fourth-order valence-electron chi connectivity index (χ4n) is 4.41. The van der Waals surface area contributed by atoms with Gasteiger partial charge in [0.25, 0.3) is 0 Å². The number of aliphatic hydroxyl groups excluding tert-OH is 1. The van der Waals surface area contributed by atoms with E-state index >= 15 is 0 Å². The van der Waals surface area contributed by atoms with Crippen LogP contribution in [-0.4, -0.2) is 62.2 Å². The first-order valence-electron chi connectivity index (χ1n) is 9.75. The Morgan fingerprint density at radius 3 is 2.64 bits per heavy atom. The number of β-amino-alcohol motifs (C(OH)–C–C–N with tert-alkyl or cyclic N) is 1. The van der Waals surface area contributed by atoms with Gasteiger partial charge in [-0.3, -0.25) is 4.90 Å². The molecule has 3 aliphatic rings. The molecule has 5 nitrogen and oxygen atoms in total. The maximum Gasteiger partial charge on any atom is 0.156 e. The van der Waals surface area contributed by atoms with Gasteiger partial charge in [0.2, 0.25) is 0 Å². The summed E-state index contributed by atoms with van der Waals surface area (Å²) in [6, 6.07) is 0.488. The fourth-order valence-corrected chi connectivity index (χ4v) is 4.41. The summed E-state index contributed by atoms with van der Waals surface area (Å²) in [6.45, 7) is 2.61. The Bertz CT molecular complexity index is 490. The third kappa shape index (κ3) is 4.78. The van der Waals surface area contributed by atoms with Crippen molar-refractivity contribution in [2.45, 2.75) is 63.2 Å². The summed E-state index contributed by atoms with van der Waals surface area (Å²) < 4.78 is 17.1. The molecule has 4 atom stereocenters. The molecule has 3 unspecified atom stereocenters. The number of hydrogen-bond acceptors (Lipinski definition) is 5. The molecule has 0 aromatic rings. The zero-order valence-electron chi connectivity index (χ0n) is 15.7. The van der Waals surface area contributed by atoms with Gasteiger partial charge in [0, 0.05) is 25.7 Å². The number of rotatable bonds is 7. The standard InChI is InChI=1S/C20H33NO4/c1-23-19-8-7-15(13-20(19)24-2)10-12-25-18-6-4-3-5-17(18)21-11-9-16(22)14-21/h8,13,15-18,22H,3-7,9-12,14H2,1-2H3/t15?,16-,17?,18?/m1/s1. The highest BCUT2D eigenvalue weighted by atomic mass is 16.5. The summed E-state index contributed by atoms with van der Waals surface area (Å²) in [6.07, 6.45) is 12.2. The van der Waals surface area contributed by atoms with Gasteiger partial charge in [-0.2, -0.15) is 0 Å². The first-order valence-corrected chi connectivity index (χ1v) is 9.75. The second-order valence-electron chi connectivity index (χ2n) is 7.49. The van der Waals surface area contributed by atoms with Crippen LogP contribution in [0.1, 0.15) is 44.9 Å². The van der Waals surface area contributed by atoms with E-state index in [1.165, 1.54) is 19.3 Å². The smallest absolute Gasteiger partial charge is 0.156 e. The number of hydrogen-bond donors (Lipinski definition) is 1. The van der Waals surface area contributed by atoms with Crippen LogP contribution in [0.5, 0.6) is 0 Å². The Balaban J connectivity index is 1.47. The lowest BCUT2D eigenvalue weighted by molar-refractivity contribution is -0.0356. The maximum atomic E-state index is 9.84. The van der Waals surface area contributed by atoms with Crippen LogP contribution in [0.15, 0.2) is 23.7 Å². The van der Waals surface area contributed by atoms with Crippen LogP contribution in [0.3, 0.4) is 0 Å². The molecule has 5 heteroatoms. The lowest BCUT2D eigenvalue weighted by Gasteiger charge is -2.38. The molecule has 1 N–H and O–H groups in total. The molecule has 25 heavy (non-hydrogen) atoms. The lowest BCUT2D eigenvalue weighted by Crippen LogP contribution is -2.46. The predicted molar refractivity (Wildman–Crippen MR) is 97.1 cm³/mol. The molecule has 0 radical (unpaired) electrons. The molecule has 142 valence electrons. The van der Waals surface area contributed by atoms with Gasteiger partial charge in [-0.15, -0.1) is 0 Å². The molecular weight excluding hydrogens is 318 g/mol. The molecule has 3 rings (SSSR count). The van der Waals surface area contributed by atoms with Crippen molar-refractivity contribution in [3.63, 3.8) is 0 Å². The van der Waals surface area contributed by atoms with E-state index in [-0.39, 0.29) is 6.10 Å². The van der Waals surface area contributed by atoms with Crippen LogP contribution in [0, 0.1) is 5.92 Å². The van der Waals surface area contributed by atoms with Gasteiger partial charge in [0.1, 0.15) is 0 Å². The first-order chi connectivity index (χ1) is 12.2. The van der Waals surface area contributed by atoms with Crippen molar-refractivity contribution >= 4 is 0 Å². The average Bonchev–Trinajstić information content (AvgIpc) is 3.08. The second kappa shape index (κ2) is 9.06. The number of likely N-dealkylation sites (tertiary alicyclic amines) is 1. The van der Waals surface area contributed by atoms with E-state index in [0.29, 0.717) is 18.1 Å². The summed E-state index contributed by atoms with van der Waals surface area (Å²) in [7, 11) is 3.37. The molecule has 0 aromatic carbocycles. The first kappa shape index (κ1) is 18.7. The quantitative estimate of drug-likeness (QED) is 0.764. The van der Waals surface area contributed by atoms with Crippen LogP contribution in [0.2, 0.25) is 0 Å². The largest absolute Gasteiger partial charge is 0.493 e. The Hall–Kier alpha value is -1.04. The monoisotopic (exact) mass is 351 g/mol. The Morgan fingerprint density at radius 1 is 1.12 bits per heavy atom. The molecular formula is C20H33NO4. The van der Waals surface area contributed by atoms with Crippen molar-refractivity contribution < 1.29 is 19.3 Å². The van der Waals surface area contributed by atoms with E-state index in [1.807, 2.05) is 0 Å². The van der Waals surface area contributed by atoms with Crippen LogP contribution >= 0.6 is 0 Å². The molecule has 1 heterocycles. The SMILES string of the molecule is COC1=CCC(CCOC2CCCCC2N2CC[C@@H](O)C2)C=C1OC. The van der Waals surface area contributed by atoms with E-state index in [4.69, 9.17) is 14.2 Å². The second-order valence-corrected chi connectivity index (χ2v) is 7.49. The summed E-state index contributed by atoms with van der Waals surface area (Å²) >= 11 is 0. The molecule has 0 amide bonds. The van der Waals surface area contributed by atoms with Crippen LogP contribution in [0.4, 0.5) is 0 Å². The highest BCUT2D eigenvalue weighted by Gasteiger charge is 2.34. The molecule has 2 fully saturated rings. The van der Waals surface area contributed by atoms with Gasteiger partial charge in [0.15, 0.2) is 11.5 Å². The third-order valence-electron chi connectivity index (χ3n) is 5.83. The number of ether oxygens (including phenoxy) is 3. The van der Waals surface area contributed by atoms with Crippen LogP contribution in [0.25, 0.3) is 0 Å². The van der Waals surface area contributed by atoms with E-state index < -0.39 is 0 Å². The number of aliphatic hydroxyl groups is 1. The van der Waals surface area contributed by atoms with Gasteiger partial charge >= 0.3 is 0 Å². The van der Waals surface area contributed by atoms with Gasteiger partial charge in [-0.25, -0.2) is 0 Å². The Kier molecular flexibility index (Phi) is 6.79. The van der Waals surface area contributed by atoms with Crippen molar-refractivity contribution in [1.82, 2.24) is 4.90 Å². The molecule has 1 saturated carbocycles. The Morgan fingerprint density at radius 2 is 1.92 bits per heavy atom. The summed E-state index contributed by atoms with van der Waals surface area (Å²) in [4.78, 5) is 2.45. The van der Waals surface area contributed by atoms with E-state index in [2.05, 4.69) is 17.1 Å². The van der Waals surface area contributed by atoms with Crippen molar-refractivity contribution in [2.75, 3.05) is 33.9 Å². The van der Waals surface area contributed by atoms with E-state index in [0.717, 1.165) is 56.9 Å². The van der Waals surface area contributed by atoms with Gasteiger partial charge in [-0.1, -0.05) is 12.8 Å².